The number of carbonyl (C=O) groups excluding carboxylic acids is 2. The molecule has 9 heteroatoms. The number of amides is 2. The quantitative estimate of drug-likeness (QED) is 0.233. The molecule has 4 rings (SSSR count). The van der Waals surface area contributed by atoms with Gasteiger partial charge in [0, 0.05) is 16.9 Å². The minimum Gasteiger partial charge on any atom is -0.487 e. The van der Waals surface area contributed by atoms with Crippen molar-refractivity contribution >= 4 is 28.9 Å². The zero-order chi connectivity index (χ0) is 27.0. The maximum atomic E-state index is 12.9. The van der Waals surface area contributed by atoms with Crippen molar-refractivity contribution in [2.45, 2.75) is 12.8 Å². The molecule has 0 aliphatic rings. The van der Waals surface area contributed by atoms with E-state index in [4.69, 9.17) is 4.74 Å². The van der Waals surface area contributed by atoms with Gasteiger partial charge >= 0.3 is 6.18 Å². The lowest BCUT2D eigenvalue weighted by atomic mass is 10.1. The van der Waals surface area contributed by atoms with Gasteiger partial charge in [0.05, 0.1) is 17.8 Å². The molecule has 38 heavy (non-hydrogen) atoms. The highest BCUT2D eigenvalue weighted by Crippen LogP contribution is 2.31. The van der Waals surface area contributed by atoms with Crippen LogP contribution >= 0.6 is 0 Å². The molecule has 0 saturated carbocycles. The Kier molecular flexibility index (Phi) is 8.27. The molecule has 4 aromatic rings. The number of benzene rings is 4. The summed E-state index contributed by atoms with van der Waals surface area (Å²) in [5.41, 5.74) is 1.34. The molecule has 0 saturated heterocycles. The summed E-state index contributed by atoms with van der Waals surface area (Å²) in [6.45, 7) is 0.313. The van der Waals surface area contributed by atoms with Crippen LogP contribution in [0.25, 0.3) is 0 Å². The van der Waals surface area contributed by atoms with Gasteiger partial charge in [-0.25, -0.2) is 0 Å². The summed E-state index contributed by atoms with van der Waals surface area (Å²) >= 11 is 0. The molecule has 0 heterocycles. The monoisotopic (exact) mass is 519 g/mol. The molecule has 6 nitrogen and oxygen atoms in total. The number of hydrogen-bond acceptors (Lipinski definition) is 4. The third-order valence-corrected chi connectivity index (χ3v) is 5.42. The summed E-state index contributed by atoms with van der Waals surface area (Å²) in [6.07, 6.45) is -4.52. The number of ether oxygens (including phenoxy) is 1. The Labute approximate surface area is 217 Å². The molecule has 2 amide bonds. The van der Waals surface area contributed by atoms with Gasteiger partial charge in [-0.1, -0.05) is 54.6 Å². The maximum Gasteiger partial charge on any atom is 0.416 e. The molecule has 0 aliphatic heterocycles. The van der Waals surface area contributed by atoms with E-state index in [1.807, 2.05) is 42.5 Å². The van der Waals surface area contributed by atoms with E-state index >= 15 is 0 Å². The Bertz CT molecular complexity index is 1410. The lowest BCUT2D eigenvalue weighted by Crippen LogP contribution is -2.22. The van der Waals surface area contributed by atoms with Gasteiger partial charge in [-0.15, -0.1) is 0 Å². The van der Waals surface area contributed by atoms with Gasteiger partial charge in [0.15, 0.2) is 0 Å². The minimum atomic E-state index is -4.52. The molecule has 194 valence electrons. The Hall–Kier alpha value is -4.79. The zero-order valence-electron chi connectivity index (χ0n) is 20.1. The van der Waals surface area contributed by atoms with E-state index in [1.165, 1.54) is 24.3 Å². The first kappa shape index (κ1) is 26.3. The van der Waals surface area contributed by atoms with Gasteiger partial charge in [-0.2, -0.15) is 13.2 Å². The van der Waals surface area contributed by atoms with Gasteiger partial charge < -0.3 is 20.7 Å². The second-order valence-corrected chi connectivity index (χ2v) is 8.29. The number of alkyl halides is 3. The number of hydrogen-bond donors (Lipinski definition) is 3. The molecule has 4 aromatic carbocycles. The Morgan fingerprint density at radius 3 is 2.18 bits per heavy atom. The first-order chi connectivity index (χ1) is 18.3. The lowest BCUT2D eigenvalue weighted by Gasteiger charge is -2.14. The van der Waals surface area contributed by atoms with Crippen LogP contribution in [-0.2, 0) is 17.6 Å². The van der Waals surface area contributed by atoms with Gasteiger partial charge in [0.1, 0.15) is 12.4 Å². The summed E-state index contributed by atoms with van der Waals surface area (Å²) in [6, 6.07) is 27.4. The maximum absolute atomic E-state index is 12.9. The Balaban J connectivity index is 1.33. The van der Waals surface area contributed by atoms with Gasteiger partial charge in [0.25, 0.3) is 5.91 Å². The van der Waals surface area contributed by atoms with E-state index in [0.717, 1.165) is 17.7 Å². The standard InChI is InChI=1S/C29H24F3N3O3/c30-29(31,32)22-11-7-13-24(17-22)35-28(37)21-10-6-12-23(16-21)34-27(36)18-33-25-14-4-5-15-26(25)38-19-20-8-2-1-3-9-20/h1-17,33H,18-19H2,(H,34,36)(H,35,37). The van der Waals surface area contributed by atoms with Crippen molar-refractivity contribution in [3.05, 3.63) is 120 Å². The topological polar surface area (TPSA) is 79.5 Å². The number of carbonyl (C=O) groups is 2. The fourth-order valence-corrected chi connectivity index (χ4v) is 3.57. The predicted molar refractivity (Wildman–Crippen MR) is 140 cm³/mol. The summed E-state index contributed by atoms with van der Waals surface area (Å²) in [7, 11) is 0. The first-order valence-electron chi connectivity index (χ1n) is 11.7. The molecule has 0 aromatic heterocycles. The number of halogens is 3. The van der Waals surface area contributed by atoms with Crippen LogP contribution < -0.4 is 20.7 Å². The zero-order valence-corrected chi connectivity index (χ0v) is 20.1. The summed E-state index contributed by atoms with van der Waals surface area (Å²) in [5.74, 6) is -0.376. The third-order valence-electron chi connectivity index (χ3n) is 5.42. The summed E-state index contributed by atoms with van der Waals surface area (Å²) in [4.78, 5) is 25.2. The van der Waals surface area contributed by atoms with E-state index in [-0.39, 0.29) is 23.7 Å². The van der Waals surface area contributed by atoms with E-state index < -0.39 is 17.6 Å². The average molecular weight is 520 g/mol. The van der Waals surface area contributed by atoms with Crippen LogP contribution in [0.15, 0.2) is 103 Å². The fraction of sp³-hybridized carbons (Fsp3) is 0.103. The normalized spacial score (nSPS) is 10.9. The first-order valence-corrected chi connectivity index (χ1v) is 11.7. The molecule has 0 aliphatic carbocycles. The van der Waals surface area contributed by atoms with Crippen LogP contribution in [0.4, 0.5) is 30.2 Å². The average Bonchev–Trinajstić information content (AvgIpc) is 2.91. The fourth-order valence-electron chi connectivity index (χ4n) is 3.57. The number of para-hydroxylation sites is 2. The molecule has 0 spiro atoms. The largest absolute Gasteiger partial charge is 0.487 e. The number of nitrogens with one attached hydrogen (secondary N) is 3. The number of rotatable bonds is 9. The van der Waals surface area contributed by atoms with Crippen molar-refractivity contribution in [1.82, 2.24) is 0 Å². The second-order valence-electron chi connectivity index (χ2n) is 8.29. The van der Waals surface area contributed by atoms with Crippen molar-refractivity contribution in [2.75, 3.05) is 22.5 Å². The highest BCUT2D eigenvalue weighted by Gasteiger charge is 2.30. The second kappa shape index (κ2) is 12.0. The van der Waals surface area contributed by atoms with Gasteiger partial charge in [-0.3, -0.25) is 9.59 Å². The molecule has 0 unspecified atom stereocenters. The SMILES string of the molecule is O=C(CNc1ccccc1OCc1ccccc1)Nc1cccc(C(=O)Nc2cccc(C(F)(F)F)c2)c1. The number of anilines is 3. The van der Waals surface area contributed by atoms with Crippen molar-refractivity contribution in [3.8, 4) is 5.75 Å². The van der Waals surface area contributed by atoms with Crippen molar-refractivity contribution in [1.29, 1.82) is 0 Å². The van der Waals surface area contributed by atoms with Crippen molar-refractivity contribution in [3.63, 3.8) is 0 Å². The van der Waals surface area contributed by atoms with E-state index in [1.54, 1.807) is 24.3 Å². The summed E-state index contributed by atoms with van der Waals surface area (Å²) in [5, 5.41) is 8.21. The van der Waals surface area contributed by atoms with E-state index in [2.05, 4.69) is 16.0 Å². The minimum absolute atomic E-state index is 0.0108. The molecule has 0 radical (unpaired) electrons. The van der Waals surface area contributed by atoms with Crippen molar-refractivity contribution < 1.29 is 27.5 Å². The van der Waals surface area contributed by atoms with Crippen LogP contribution in [-0.4, -0.2) is 18.4 Å². The van der Waals surface area contributed by atoms with Gasteiger partial charge in [-0.05, 0) is 54.1 Å². The van der Waals surface area contributed by atoms with Gasteiger partial charge in [0.2, 0.25) is 5.91 Å². The third kappa shape index (κ3) is 7.36. The Morgan fingerprint density at radius 2 is 1.42 bits per heavy atom. The van der Waals surface area contributed by atoms with E-state index in [9.17, 15) is 22.8 Å². The molecule has 0 fully saturated rings. The Morgan fingerprint density at radius 1 is 0.737 bits per heavy atom. The summed E-state index contributed by atoms with van der Waals surface area (Å²) < 4.78 is 44.7. The molecule has 3 N–H and O–H groups in total. The highest BCUT2D eigenvalue weighted by atomic mass is 19.4. The smallest absolute Gasteiger partial charge is 0.416 e. The van der Waals surface area contributed by atoms with Crippen LogP contribution in [0.5, 0.6) is 5.75 Å². The van der Waals surface area contributed by atoms with E-state index in [0.29, 0.717) is 23.7 Å². The molecular formula is C29H24F3N3O3. The lowest BCUT2D eigenvalue weighted by molar-refractivity contribution is -0.137. The highest BCUT2D eigenvalue weighted by molar-refractivity contribution is 6.05. The molecular weight excluding hydrogens is 495 g/mol. The van der Waals surface area contributed by atoms with Crippen molar-refractivity contribution in [2.24, 2.45) is 0 Å². The van der Waals surface area contributed by atoms with Crippen LogP contribution in [0.3, 0.4) is 0 Å². The van der Waals surface area contributed by atoms with Crippen LogP contribution in [0.2, 0.25) is 0 Å². The molecule has 0 bridgehead atoms. The predicted octanol–water partition coefficient (Wildman–Crippen LogP) is 6.59. The van der Waals surface area contributed by atoms with Crippen LogP contribution in [0, 0.1) is 0 Å². The molecule has 0 atom stereocenters. The van der Waals surface area contributed by atoms with Crippen LogP contribution in [0.1, 0.15) is 21.5 Å².